The summed E-state index contributed by atoms with van der Waals surface area (Å²) in [5.74, 6) is -0.513. The summed E-state index contributed by atoms with van der Waals surface area (Å²) >= 11 is 0. The summed E-state index contributed by atoms with van der Waals surface area (Å²) in [5, 5.41) is 14.1. The summed E-state index contributed by atoms with van der Waals surface area (Å²) in [6.45, 7) is 7.09. The zero-order chi connectivity index (χ0) is 20.5. The van der Waals surface area contributed by atoms with Gasteiger partial charge in [0.25, 0.3) is 0 Å². The van der Waals surface area contributed by atoms with E-state index >= 15 is 0 Å². The van der Waals surface area contributed by atoms with Crippen molar-refractivity contribution in [2.75, 3.05) is 0 Å². The summed E-state index contributed by atoms with van der Waals surface area (Å²) < 4.78 is 8.27. The topological polar surface area (TPSA) is 112 Å². The van der Waals surface area contributed by atoms with Crippen LogP contribution in [-0.4, -0.2) is 47.1 Å². The number of pyridine rings is 1. The van der Waals surface area contributed by atoms with Gasteiger partial charge in [0.2, 0.25) is 0 Å². The third-order valence-electron chi connectivity index (χ3n) is 3.94. The van der Waals surface area contributed by atoms with E-state index in [0.717, 1.165) is 0 Å². The van der Waals surface area contributed by atoms with Crippen LogP contribution < -0.4 is 0 Å². The molecule has 0 unspecified atom stereocenters. The lowest BCUT2D eigenvalue weighted by atomic mass is 10.1. The average Bonchev–Trinajstić information content (AvgIpc) is 3.25. The van der Waals surface area contributed by atoms with E-state index in [2.05, 4.69) is 15.1 Å². The van der Waals surface area contributed by atoms with Crippen LogP contribution in [0.3, 0.4) is 0 Å². The smallest absolute Gasteiger partial charge is 0.419 e. The molecule has 0 atom stereocenters. The number of rotatable bonds is 4. The normalized spacial score (nSPS) is 12.4. The molecule has 1 N–H and O–H groups in total. The Morgan fingerprint density at radius 3 is 2.64 bits per heavy atom. The van der Waals surface area contributed by atoms with Gasteiger partial charge in [-0.25, -0.2) is 24.2 Å². The van der Waals surface area contributed by atoms with E-state index in [4.69, 9.17) is 4.74 Å². The number of carbonyl (C=O) groups excluding carboxylic acids is 1. The van der Waals surface area contributed by atoms with E-state index in [9.17, 15) is 14.7 Å². The van der Waals surface area contributed by atoms with Crippen molar-refractivity contribution in [3.05, 3.63) is 42.3 Å². The number of aromatic nitrogens is 5. The highest BCUT2D eigenvalue weighted by Crippen LogP contribution is 2.26. The molecule has 3 aromatic heterocycles. The Balaban J connectivity index is 2.20. The van der Waals surface area contributed by atoms with Crippen molar-refractivity contribution in [3.8, 4) is 5.82 Å². The van der Waals surface area contributed by atoms with E-state index in [1.54, 1.807) is 46.0 Å². The number of hydrogen-bond acceptors (Lipinski definition) is 6. The Hall–Kier alpha value is -3.49. The SMILES string of the molecule is CCC(=Cc1cn(C(=O)OC(C)(C)C)c2cnc(-n3cncn3)cc12)C(=O)O. The Morgan fingerprint density at radius 1 is 1.32 bits per heavy atom. The maximum absolute atomic E-state index is 12.6. The van der Waals surface area contributed by atoms with Crippen molar-refractivity contribution in [2.24, 2.45) is 0 Å². The standard InChI is InChI=1S/C19H21N5O4/c1-5-12(17(25)26)6-13-9-23(18(27)28-19(2,3)4)15-8-21-16(7-14(13)15)24-11-20-10-22-24/h6-11H,5H2,1-4H3,(H,25,26). The number of carboxylic acids is 1. The molecule has 0 radical (unpaired) electrons. The number of carbonyl (C=O) groups is 2. The molecule has 0 bridgehead atoms. The molecular formula is C19H21N5O4. The third-order valence-corrected chi connectivity index (χ3v) is 3.94. The van der Waals surface area contributed by atoms with Crippen molar-refractivity contribution in [3.63, 3.8) is 0 Å². The number of carboxylic acid groups (broad SMARTS) is 1. The summed E-state index contributed by atoms with van der Waals surface area (Å²) in [4.78, 5) is 32.3. The van der Waals surface area contributed by atoms with Crippen LogP contribution in [0.4, 0.5) is 4.79 Å². The molecule has 0 spiro atoms. The van der Waals surface area contributed by atoms with Gasteiger partial charge in [0.15, 0.2) is 5.82 Å². The van der Waals surface area contributed by atoms with Crippen LogP contribution in [-0.2, 0) is 9.53 Å². The average molecular weight is 383 g/mol. The van der Waals surface area contributed by atoms with Gasteiger partial charge >= 0.3 is 12.1 Å². The molecule has 0 aliphatic rings. The molecule has 3 aromatic rings. The first-order valence-corrected chi connectivity index (χ1v) is 8.73. The molecule has 28 heavy (non-hydrogen) atoms. The second-order valence-electron chi connectivity index (χ2n) is 7.16. The molecule has 146 valence electrons. The third kappa shape index (κ3) is 3.93. The zero-order valence-electron chi connectivity index (χ0n) is 16.1. The number of ether oxygens (including phenoxy) is 1. The lowest BCUT2D eigenvalue weighted by molar-refractivity contribution is -0.132. The van der Waals surface area contributed by atoms with Gasteiger partial charge in [-0.15, -0.1) is 0 Å². The molecule has 0 amide bonds. The second-order valence-corrected chi connectivity index (χ2v) is 7.16. The van der Waals surface area contributed by atoms with Crippen LogP contribution in [0.15, 0.2) is 36.7 Å². The fraction of sp³-hybridized carbons (Fsp3) is 0.316. The van der Waals surface area contributed by atoms with Gasteiger partial charge < -0.3 is 9.84 Å². The van der Waals surface area contributed by atoms with Crippen LogP contribution in [0.25, 0.3) is 22.8 Å². The van der Waals surface area contributed by atoms with Gasteiger partial charge in [0.1, 0.15) is 18.3 Å². The molecule has 3 heterocycles. The molecular weight excluding hydrogens is 362 g/mol. The maximum Gasteiger partial charge on any atom is 0.419 e. The molecule has 0 saturated heterocycles. The monoisotopic (exact) mass is 383 g/mol. The Bertz CT molecular complexity index is 1060. The lowest BCUT2D eigenvalue weighted by Gasteiger charge is -2.19. The minimum absolute atomic E-state index is 0.224. The summed E-state index contributed by atoms with van der Waals surface area (Å²) in [6, 6.07) is 1.73. The fourth-order valence-electron chi connectivity index (χ4n) is 2.67. The predicted octanol–water partition coefficient (Wildman–Crippen LogP) is 3.28. The Labute approximate surface area is 161 Å². The largest absolute Gasteiger partial charge is 0.478 e. The molecule has 0 fully saturated rings. The molecule has 0 aliphatic heterocycles. The molecule has 9 heteroatoms. The Kier molecular flexibility index (Phi) is 5.00. The van der Waals surface area contributed by atoms with Gasteiger partial charge in [-0.05, 0) is 39.3 Å². The van der Waals surface area contributed by atoms with Crippen molar-refractivity contribution in [2.45, 2.75) is 39.7 Å². The number of fused-ring (bicyclic) bond motifs is 1. The van der Waals surface area contributed by atoms with Gasteiger partial charge in [0.05, 0.1) is 11.7 Å². The first kappa shape index (κ1) is 19.3. The lowest BCUT2D eigenvalue weighted by Crippen LogP contribution is -2.26. The predicted molar refractivity (Wildman–Crippen MR) is 102 cm³/mol. The minimum Gasteiger partial charge on any atom is -0.478 e. The highest BCUT2D eigenvalue weighted by atomic mass is 16.6. The van der Waals surface area contributed by atoms with Gasteiger partial charge in [-0.1, -0.05) is 6.92 Å². The van der Waals surface area contributed by atoms with Crippen molar-refractivity contribution >= 4 is 29.0 Å². The number of hydrogen-bond donors (Lipinski definition) is 1. The van der Waals surface area contributed by atoms with Crippen LogP contribution >= 0.6 is 0 Å². The summed E-state index contributed by atoms with van der Waals surface area (Å²) in [5.41, 5.74) is 0.629. The number of nitrogens with zero attached hydrogens (tertiary/aromatic N) is 5. The van der Waals surface area contributed by atoms with Crippen molar-refractivity contribution in [1.82, 2.24) is 24.3 Å². The fourth-order valence-corrected chi connectivity index (χ4v) is 2.67. The van der Waals surface area contributed by atoms with Crippen LogP contribution in [0.2, 0.25) is 0 Å². The number of aliphatic carboxylic acids is 1. The van der Waals surface area contributed by atoms with E-state index in [-0.39, 0.29) is 5.57 Å². The molecule has 0 aromatic carbocycles. The van der Waals surface area contributed by atoms with Gasteiger partial charge in [-0.2, -0.15) is 5.10 Å². The zero-order valence-corrected chi connectivity index (χ0v) is 16.1. The quantitative estimate of drug-likeness (QED) is 0.688. The maximum atomic E-state index is 12.6. The van der Waals surface area contributed by atoms with Crippen molar-refractivity contribution in [1.29, 1.82) is 0 Å². The van der Waals surface area contributed by atoms with E-state index in [1.807, 2.05) is 0 Å². The first-order chi connectivity index (χ1) is 13.2. The van der Waals surface area contributed by atoms with Gasteiger partial charge in [-0.3, -0.25) is 4.57 Å². The van der Waals surface area contributed by atoms with Crippen LogP contribution in [0, 0.1) is 0 Å². The van der Waals surface area contributed by atoms with E-state index in [0.29, 0.717) is 28.7 Å². The summed E-state index contributed by atoms with van der Waals surface area (Å²) in [7, 11) is 0. The van der Waals surface area contributed by atoms with Crippen molar-refractivity contribution < 1.29 is 19.4 Å². The summed E-state index contributed by atoms with van der Waals surface area (Å²) in [6.07, 6.45) is 7.30. The highest BCUT2D eigenvalue weighted by molar-refractivity contribution is 6.00. The Morgan fingerprint density at radius 2 is 2.07 bits per heavy atom. The highest BCUT2D eigenvalue weighted by Gasteiger charge is 2.21. The molecule has 9 nitrogen and oxygen atoms in total. The second kappa shape index (κ2) is 7.26. The minimum atomic E-state index is -1.01. The van der Waals surface area contributed by atoms with E-state index in [1.165, 1.54) is 28.1 Å². The van der Waals surface area contributed by atoms with E-state index < -0.39 is 17.7 Å². The molecule has 0 saturated carbocycles. The van der Waals surface area contributed by atoms with Crippen LogP contribution in [0.1, 0.15) is 39.7 Å². The van der Waals surface area contributed by atoms with Crippen LogP contribution in [0.5, 0.6) is 0 Å². The molecule has 3 rings (SSSR count). The molecule has 0 aliphatic carbocycles. The van der Waals surface area contributed by atoms with Gasteiger partial charge in [0, 0.05) is 22.7 Å². The first-order valence-electron chi connectivity index (χ1n) is 8.73.